The van der Waals surface area contributed by atoms with E-state index in [0.29, 0.717) is 5.69 Å². The summed E-state index contributed by atoms with van der Waals surface area (Å²) in [6.45, 7) is 3.74. The third-order valence-electron chi connectivity index (χ3n) is 2.83. The predicted molar refractivity (Wildman–Crippen MR) is 80.3 cm³/mol. The molecule has 0 aliphatic rings. The van der Waals surface area contributed by atoms with Crippen molar-refractivity contribution >= 4 is 21.4 Å². The molecule has 1 aromatic carbocycles. The van der Waals surface area contributed by atoms with E-state index >= 15 is 0 Å². The average Bonchev–Trinajstić information content (AvgIpc) is 2.78. The van der Waals surface area contributed by atoms with Crippen LogP contribution in [-0.4, -0.2) is 14.7 Å². The molecule has 0 spiro atoms. The van der Waals surface area contributed by atoms with Crippen molar-refractivity contribution in [1.82, 2.24) is 0 Å². The fraction of sp³-hybridized carbons (Fsp3) is 0.286. The molecule has 2 aromatic rings. The highest BCUT2D eigenvalue weighted by Crippen LogP contribution is 2.25. The lowest BCUT2D eigenvalue weighted by Gasteiger charge is -2.14. The normalized spacial score (nSPS) is 13.0. The second-order valence-corrected chi connectivity index (χ2v) is 6.63. The summed E-state index contributed by atoms with van der Waals surface area (Å²) in [7, 11) is -3.53. The maximum Gasteiger partial charge on any atom is 0.229 e. The SMILES string of the molecule is Cc1ccc(C(C)Nc2ccc(F)c(NS(C)(=O)=O)c2)o1. The molecule has 5 nitrogen and oxygen atoms in total. The number of halogens is 1. The monoisotopic (exact) mass is 312 g/mol. The summed E-state index contributed by atoms with van der Waals surface area (Å²) in [5.41, 5.74) is 0.495. The zero-order chi connectivity index (χ0) is 15.6. The summed E-state index contributed by atoms with van der Waals surface area (Å²) in [4.78, 5) is 0. The third kappa shape index (κ3) is 4.22. The summed E-state index contributed by atoms with van der Waals surface area (Å²) < 4.78 is 43.6. The molecule has 1 aromatic heterocycles. The molecule has 2 N–H and O–H groups in total. The summed E-state index contributed by atoms with van der Waals surface area (Å²) >= 11 is 0. The Labute approximate surface area is 123 Å². The van der Waals surface area contributed by atoms with Gasteiger partial charge in [0.05, 0.1) is 18.0 Å². The summed E-state index contributed by atoms with van der Waals surface area (Å²) in [5, 5.41) is 3.13. The van der Waals surface area contributed by atoms with Crippen molar-refractivity contribution in [3.8, 4) is 0 Å². The molecule has 0 radical (unpaired) electrons. The number of sulfonamides is 1. The number of hydrogen-bond donors (Lipinski definition) is 2. The highest BCUT2D eigenvalue weighted by atomic mass is 32.2. The molecule has 2 rings (SSSR count). The molecule has 1 atom stereocenters. The molecule has 1 heterocycles. The number of benzene rings is 1. The van der Waals surface area contributed by atoms with Gasteiger partial charge in [-0.1, -0.05) is 0 Å². The first kappa shape index (κ1) is 15.4. The number of hydrogen-bond acceptors (Lipinski definition) is 4. The van der Waals surface area contributed by atoms with Gasteiger partial charge in [-0.15, -0.1) is 0 Å². The maximum absolute atomic E-state index is 13.6. The number of anilines is 2. The zero-order valence-electron chi connectivity index (χ0n) is 12.0. The van der Waals surface area contributed by atoms with Crippen molar-refractivity contribution in [3.63, 3.8) is 0 Å². The van der Waals surface area contributed by atoms with E-state index in [0.717, 1.165) is 17.8 Å². The predicted octanol–water partition coefficient (Wildman–Crippen LogP) is 3.27. The fourth-order valence-corrected chi connectivity index (χ4v) is 2.46. The van der Waals surface area contributed by atoms with Crippen molar-refractivity contribution in [2.45, 2.75) is 19.9 Å². The van der Waals surface area contributed by atoms with E-state index in [1.165, 1.54) is 18.2 Å². The highest BCUT2D eigenvalue weighted by molar-refractivity contribution is 7.92. The maximum atomic E-state index is 13.6. The van der Waals surface area contributed by atoms with Gasteiger partial charge in [0, 0.05) is 5.69 Å². The molecule has 0 saturated heterocycles. The Bertz CT molecular complexity index is 740. The first-order valence-electron chi connectivity index (χ1n) is 6.35. The van der Waals surface area contributed by atoms with Crippen molar-refractivity contribution in [2.75, 3.05) is 16.3 Å². The molecule has 0 aliphatic carbocycles. The van der Waals surface area contributed by atoms with Gasteiger partial charge in [0.25, 0.3) is 0 Å². The van der Waals surface area contributed by atoms with Crippen molar-refractivity contribution < 1.29 is 17.2 Å². The van der Waals surface area contributed by atoms with Gasteiger partial charge >= 0.3 is 0 Å². The molecule has 0 aliphatic heterocycles. The van der Waals surface area contributed by atoms with Gasteiger partial charge in [0.1, 0.15) is 17.3 Å². The Balaban J connectivity index is 2.19. The van der Waals surface area contributed by atoms with Crippen molar-refractivity contribution in [3.05, 3.63) is 47.7 Å². The van der Waals surface area contributed by atoms with Crippen LogP contribution in [0.4, 0.5) is 15.8 Å². The third-order valence-corrected chi connectivity index (χ3v) is 3.42. The number of nitrogens with one attached hydrogen (secondary N) is 2. The lowest BCUT2D eigenvalue weighted by atomic mass is 10.2. The van der Waals surface area contributed by atoms with Crippen LogP contribution in [0.2, 0.25) is 0 Å². The molecule has 21 heavy (non-hydrogen) atoms. The molecule has 0 fully saturated rings. The number of furan rings is 1. The van der Waals surface area contributed by atoms with Gasteiger partial charge in [-0.2, -0.15) is 0 Å². The molecule has 0 bridgehead atoms. The van der Waals surface area contributed by atoms with Crippen LogP contribution < -0.4 is 10.0 Å². The van der Waals surface area contributed by atoms with Crippen LogP contribution in [0.15, 0.2) is 34.7 Å². The van der Waals surface area contributed by atoms with Crippen LogP contribution in [0.25, 0.3) is 0 Å². The van der Waals surface area contributed by atoms with Crippen LogP contribution in [0.1, 0.15) is 24.5 Å². The minimum absolute atomic E-state index is 0.0923. The minimum atomic E-state index is -3.53. The van der Waals surface area contributed by atoms with E-state index in [4.69, 9.17) is 4.42 Å². The van der Waals surface area contributed by atoms with Crippen molar-refractivity contribution in [2.24, 2.45) is 0 Å². The van der Waals surface area contributed by atoms with Crippen LogP contribution in [0, 0.1) is 12.7 Å². The van der Waals surface area contributed by atoms with Crippen LogP contribution >= 0.6 is 0 Å². The Hall–Kier alpha value is -2.02. The Morgan fingerprint density at radius 3 is 2.52 bits per heavy atom. The quantitative estimate of drug-likeness (QED) is 0.889. The first-order chi connectivity index (χ1) is 9.74. The van der Waals surface area contributed by atoms with E-state index in [1.807, 2.05) is 26.0 Å². The fourth-order valence-electron chi connectivity index (χ4n) is 1.90. The molecule has 0 amide bonds. The lowest BCUT2D eigenvalue weighted by molar-refractivity contribution is 0.467. The van der Waals surface area contributed by atoms with Gasteiger partial charge < -0.3 is 9.73 Å². The Morgan fingerprint density at radius 1 is 1.24 bits per heavy atom. The zero-order valence-corrected chi connectivity index (χ0v) is 12.8. The highest BCUT2D eigenvalue weighted by Gasteiger charge is 2.12. The molecule has 7 heteroatoms. The van der Waals surface area contributed by atoms with Crippen LogP contribution in [0.3, 0.4) is 0 Å². The molecule has 114 valence electrons. The summed E-state index contributed by atoms with van der Waals surface area (Å²) in [5.74, 6) is 0.916. The first-order valence-corrected chi connectivity index (χ1v) is 8.24. The number of rotatable bonds is 5. The van der Waals surface area contributed by atoms with Crippen LogP contribution in [0.5, 0.6) is 0 Å². The molecule has 0 saturated carbocycles. The second-order valence-electron chi connectivity index (χ2n) is 4.88. The Kier molecular flexibility index (Phi) is 4.22. The van der Waals surface area contributed by atoms with Gasteiger partial charge in [0.15, 0.2) is 0 Å². The largest absolute Gasteiger partial charge is 0.464 e. The summed E-state index contributed by atoms with van der Waals surface area (Å²) in [6.07, 6.45) is 0.973. The van der Waals surface area contributed by atoms with Crippen molar-refractivity contribution in [1.29, 1.82) is 0 Å². The van der Waals surface area contributed by atoms with Gasteiger partial charge in [-0.25, -0.2) is 12.8 Å². The lowest BCUT2D eigenvalue weighted by Crippen LogP contribution is -2.12. The second kappa shape index (κ2) is 5.77. The van der Waals surface area contributed by atoms with E-state index in [2.05, 4.69) is 10.0 Å². The molecular formula is C14H17FN2O3S. The van der Waals surface area contributed by atoms with E-state index < -0.39 is 15.8 Å². The van der Waals surface area contributed by atoms with E-state index in [-0.39, 0.29) is 11.7 Å². The van der Waals surface area contributed by atoms with E-state index in [1.54, 1.807) is 0 Å². The average molecular weight is 312 g/mol. The van der Waals surface area contributed by atoms with Crippen LogP contribution in [-0.2, 0) is 10.0 Å². The topological polar surface area (TPSA) is 71.3 Å². The van der Waals surface area contributed by atoms with Gasteiger partial charge in [-0.05, 0) is 44.2 Å². The molecular weight excluding hydrogens is 295 g/mol. The number of aryl methyl sites for hydroxylation is 1. The van der Waals surface area contributed by atoms with Gasteiger partial charge in [0.2, 0.25) is 10.0 Å². The van der Waals surface area contributed by atoms with Gasteiger partial charge in [-0.3, -0.25) is 4.72 Å². The standard InChI is InChI=1S/C14H17FN2O3S/c1-9-4-7-14(20-9)10(2)16-11-5-6-12(15)13(8-11)17-21(3,18)19/h4-8,10,16-17H,1-3H3. The summed E-state index contributed by atoms with van der Waals surface area (Å²) in [6, 6.07) is 7.73. The smallest absolute Gasteiger partial charge is 0.229 e. The molecule has 1 unspecified atom stereocenters. The minimum Gasteiger partial charge on any atom is -0.464 e. The van der Waals surface area contributed by atoms with E-state index in [9.17, 15) is 12.8 Å². The Morgan fingerprint density at radius 2 is 1.95 bits per heavy atom.